The summed E-state index contributed by atoms with van der Waals surface area (Å²) in [6, 6.07) is 3.27. The van der Waals surface area contributed by atoms with E-state index < -0.39 is 10.2 Å². The van der Waals surface area contributed by atoms with E-state index in [2.05, 4.69) is 15.0 Å². The highest BCUT2D eigenvalue weighted by Gasteiger charge is 2.29. The number of nitrogens with one attached hydrogen (secondary N) is 2. The number of aromatic nitrogens is 1. The summed E-state index contributed by atoms with van der Waals surface area (Å²) in [5.74, 6) is 0.516. The van der Waals surface area contributed by atoms with Gasteiger partial charge in [0.05, 0.1) is 5.02 Å². The standard InChI is InChI=1S/C13H21ClN4O2S/c1-2-15-9-11-5-4-8-18(10-11)21(19,20)17-13-12(14)6-3-7-16-13/h3,6-7,11,15H,2,4-5,8-10H2,1H3,(H,16,17). The third-order valence-electron chi connectivity index (χ3n) is 3.49. The molecular weight excluding hydrogens is 312 g/mol. The summed E-state index contributed by atoms with van der Waals surface area (Å²) in [6.07, 6.45) is 3.42. The molecule has 1 atom stereocenters. The molecule has 0 aliphatic carbocycles. The lowest BCUT2D eigenvalue weighted by Crippen LogP contribution is -2.45. The van der Waals surface area contributed by atoms with E-state index in [0.29, 0.717) is 24.0 Å². The predicted octanol–water partition coefficient (Wildman–Crippen LogP) is 1.71. The van der Waals surface area contributed by atoms with E-state index in [0.717, 1.165) is 25.9 Å². The molecule has 8 heteroatoms. The molecule has 1 aliphatic heterocycles. The van der Waals surface area contributed by atoms with Crippen LogP contribution in [0.5, 0.6) is 0 Å². The summed E-state index contributed by atoms with van der Waals surface area (Å²) in [5, 5.41) is 3.57. The second-order valence-corrected chi connectivity index (χ2v) is 7.19. The SMILES string of the molecule is CCNCC1CCCN(S(=O)(=O)Nc2ncccc2Cl)C1. The Morgan fingerprint density at radius 3 is 3.05 bits per heavy atom. The van der Waals surface area contributed by atoms with Crippen LogP contribution in [0.1, 0.15) is 19.8 Å². The Kier molecular flexibility index (Phi) is 5.80. The molecule has 0 radical (unpaired) electrons. The molecule has 21 heavy (non-hydrogen) atoms. The van der Waals surface area contributed by atoms with Crippen molar-refractivity contribution in [2.75, 3.05) is 30.9 Å². The van der Waals surface area contributed by atoms with Gasteiger partial charge in [0.15, 0.2) is 5.82 Å². The first-order valence-corrected chi connectivity index (χ1v) is 8.94. The van der Waals surface area contributed by atoms with Gasteiger partial charge in [-0.2, -0.15) is 12.7 Å². The van der Waals surface area contributed by atoms with E-state index in [1.807, 2.05) is 6.92 Å². The summed E-state index contributed by atoms with van der Waals surface area (Å²) in [5.41, 5.74) is 0. The number of anilines is 1. The molecule has 1 aliphatic rings. The lowest BCUT2D eigenvalue weighted by atomic mass is 10.00. The van der Waals surface area contributed by atoms with Crippen LogP contribution in [0, 0.1) is 5.92 Å². The molecule has 1 aromatic rings. The Bertz CT molecular complexity index is 567. The van der Waals surface area contributed by atoms with E-state index in [9.17, 15) is 8.42 Å². The lowest BCUT2D eigenvalue weighted by Gasteiger charge is -2.32. The van der Waals surface area contributed by atoms with Crippen molar-refractivity contribution in [3.8, 4) is 0 Å². The van der Waals surface area contributed by atoms with Gasteiger partial charge in [-0.25, -0.2) is 4.98 Å². The second kappa shape index (κ2) is 7.40. The van der Waals surface area contributed by atoms with Crippen LogP contribution in [0.4, 0.5) is 5.82 Å². The zero-order valence-electron chi connectivity index (χ0n) is 12.0. The molecule has 0 aromatic carbocycles. The topological polar surface area (TPSA) is 74.3 Å². The third kappa shape index (κ3) is 4.54. The van der Waals surface area contributed by atoms with Gasteiger partial charge < -0.3 is 5.32 Å². The molecule has 1 aromatic heterocycles. The maximum Gasteiger partial charge on any atom is 0.302 e. The van der Waals surface area contributed by atoms with Crippen molar-refractivity contribution in [3.63, 3.8) is 0 Å². The van der Waals surface area contributed by atoms with Crippen LogP contribution in [0.2, 0.25) is 5.02 Å². The van der Waals surface area contributed by atoms with Gasteiger partial charge in [-0.1, -0.05) is 18.5 Å². The highest BCUT2D eigenvalue weighted by Crippen LogP contribution is 2.23. The predicted molar refractivity (Wildman–Crippen MR) is 84.6 cm³/mol. The minimum atomic E-state index is -3.61. The zero-order valence-corrected chi connectivity index (χ0v) is 13.6. The molecule has 0 amide bonds. The van der Waals surface area contributed by atoms with E-state index >= 15 is 0 Å². The molecule has 6 nitrogen and oxygen atoms in total. The van der Waals surface area contributed by atoms with E-state index in [1.54, 1.807) is 12.1 Å². The van der Waals surface area contributed by atoms with Crippen LogP contribution in [0.15, 0.2) is 18.3 Å². The number of piperidine rings is 1. The van der Waals surface area contributed by atoms with Gasteiger partial charge in [0, 0.05) is 19.3 Å². The maximum atomic E-state index is 12.4. The number of hydrogen-bond donors (Lipinski definition) is 2. The zero-order chi connectivity index (χ0) is 15.3. The largest absolute Gasteiger partial charge is 0.317 e. The van der Waals surface area contributed by atoms with Crippen LogP contribution < -0.4 is 10.0 Å². The molecule has 0 spiro atoms. The van der Waals surface area contributed by atoms with Crippen LogP contribution in [0.3, 0.4) is 0 Å². The Balaban J connectivity index is 2.03. The average Bonchev–Trinajstić information content (AvgIpc) is 2.48. The molecule has 0 bridgehead atoms. The van der Waals surface area contributed by atoms with Crippen molar-refractivity contribution < 1.29 is 8.42 Å². The summed E-state index contributed by atoms with van der Waals surface area (Å²) in [6.45, 7) is 4.83. The summed E-state index contributed by atoms with van der Waals surface area (Å²) in [4.78, 5) is 3.97. The Morgan fingerprint density at radius 2 is 2.33 bits per heavy atom. The molecule has 1 unspecified atom stereocenters. The van der Waals surface area contributed by atoms with Crippen LogP contribution in [-0.2, 0) is 10.2 Å². The Labute approximate surface area is 131 Å². The summed E-state index contributed by atoms with van der Waals surface area (Å²) in [7, 11) is -3.61. The third-order valence-corrected chi connectivity index (χ3v) is 5.26. The monoisotopic (exact) mass is 332 g/mol. The van der Waals surface area contributed by atoms with Crippen molar-refractivity contribution in [2.45, 2.75) is 19.8 Å². The molecule has 2 heterocycles. The number of nitrogens with zero attached hydrogens (tertiary/aromatic N) is 2. The average molecular weight is 333 g/mol. The van der Waals surface area contributed by atoms with Crippen molar-refractivity contribution in [2.24, 2.45) is 5.92 Å². The van der Waals surface area contributed by atoms with Crippen molar-refractivity contribution in [1.82, 2.24) is 14.6 Å². The number of hydrogen-bond acceptors (Lipinski definition) is 4. The van der Waals surface area contributed by atoms with E-state index in [4.69, 9.17) is 11.6 Å². The molecule has 0 saturated carbocycles. The molecule has 2 N–H and O–H groups in total. The number of rotatable bonds is 6. The van der Waals surface area contributed by atoms with Crippen molar-refractivity contribution in [3.05, 3.63) is 23.4 Å². The summed E-state index contributed by atoms with van der Waals surface area (Å²) >= 11 is 5.95. The minimum Gasteiger partial charge on any atom is -0.317 e. The molecule has 1 fully saturated rings. The summed E-state index contributed by atoms with van der Waals surface area (Å²) < 4.78 is 28.8. The van der Waals surface area contributed by atoms with Gasteiger partial charge >= 0.3 is 10.2 Å². The highest BCUT2D eigenvalue weighted by atomic mass is 35.5. The molecule has 1 saturated heterocycles. The number of halogens is 1. The smallest absolute Gasteiger partial charge is 0.302 e. The lowest BCUT2D eigenvalue weighted by molar-refractivity contribution is 0.262. The van der Waals surface area contributed by atoms with E-state index in [-0.39, 0.29) is 5.82 Å². The quantitative estimate of drug-likeness (QED) is 0.831. The first-order chi connectivity index (χ1) is 10.0. The number of pyridine rings is 1. The Morgan fingerprint density at radius 1 is 1.52 bits per heavy atom. The normalized spacial score (nSPS) is 20.4. The van der Waals surface area contributed by atoms with Gasteiger partial charge in [0.2, 0.25) is 0 Å². The van der Waals surface area contributed by atoms with Crippen LogP contribution >= 0.6 is 11.6 Å². The van der Waals surface area contributed by atoms with Gasteiger partial charge in [0.1, 0.15) is 0 Å². The highest BCUT2D eigenvalue weighted by molar-refractivity contribution is 7.90. The van der Waals surface area contributed by atoms with E-state index in [1.165, 1.54) is 10.5 Å². The maximum absolute atomic E-state index is 12.4. The minimum absolute atomic E-state index is 0.174. The molecule has 2 rings (SSSR count). The van der Waals surface area contributed by atoms with Gasteiger partial charge in [-0.3, -0.25) is 4.72 Å². The molecular formula is C13H21ClN4O2S. The molecule has 118 valence electrons. The fraction of sp³-hybridized carbons (Fsp3) is 0.615. The fourth-order valence-electron chi connectivity index (χ4n) is 2.41. The van der Waals surface area contributed by atoms with Crippen molar-refractivity contribution in [1.29, 1.82) is 0 Å². The van der Waals surface area contributed by atoms with Gasteiger partial charge in [-0.05, 0) is 44.0 Å². The second-order valence-electron chi connectivity index (χ2n) is 5.11. The van der Waals surface area contributed by atoms with Gasteiger partial charge in [0.25, 0.3) is 0 Å². The fourth-order valence-corrected chi connectivity index (χ4v) is 3.95. The van der Waals surface area contributed by atoms with Gasteiger partial charge in [-0.15, -0.1) is 0 Å². The van der Waals surface area contributed by atoms with Crippen LogP contribution in [0.25, 0.3) is 0 Å². The van der Waals surface area contributed by atoms with Crippen LogP contribution in [-0.4, -0.2) is 43.9 Å². The first-order valence-electron chi connectivity index (χ1n) is 7.12. The first kappa shape index (κ1) is 16.5. The Hall–Kier alpha value is -0.890. The van der Waals surface area contributed by atoms with Crippen molar-refractivity contribution >= 4 is 27.6 Å².